The third-order valence-electron chi connectivity index (χ3n) is 4.88. The molecule has 2 aliphatic rings. The van der Waals surface area contributed by atoms with E-state index >= 15 is 0 Å². The number of rotatable bonds is 4. The highest BCUT2D eigenvalue weighted by atomic mass is 16.4. The minimum absolute atomic E-state index is 0.0559. The second-order valence-electron chi connectivity index (χ2n) is 6.72. The Morgan fingerprint density at radius 2 is 1.92 bits per heavy atom. The van der Waals surface area contributed by atoms with E-state index in [1.165, 1.54) is 9.80 Å². The number of carbonyl (C=O) groups excluding carboxylic acids is 3. The Kier molecular flexibility index (Phi) is 5.80. The Morgan fingerprint density at radius 3 is 2.54 bits per heavy atom. The zero-order chi connectivity index (χ0) is 17.9. The van der Waals surface area contributed by atoms with Crippen LogP contribution < -0.4 is 0 Å². The van der Waals surface area contributed by atoms with Gasteiger partial charge in [-0.2, -0.15) is 0 Å². The maximum atomic E-state index is 12.4. The summed E-state index contributed by atoms with van der Waals surface area (Å²) in [7, 11) is 3.27. The Bertz CT molecular complexity index is 536. The molecule has 2 heterocycles. The van der Waals surface area contributed by atoms with Crippen LogP contribution in [0.25, 0.3) is 0 Å². The number of carbonyl (C=O) groups is 4. The highest BCUT2D eigenvalue weighted by Gasteiger charge is 2.33. The third-order valence-corrected chi connectivity index (χ3v) is 4.88. The Balaban J connectivity index is 1.87. The summed E-state index contributed by atoms with van der Waals surface area (Å²) in [5, 5.41) is 9.09. The normalized spacial score (nSPS) is 24.7. The van der Waals surface area contributed by atoms with E-state index in [2.05, 4.69) is 0 Å². The lowest BCUT2D eigenvalue weighted by Crippen LogP contribution is -2.49. The SMILES string of the molecule is CN1CCC(C(=O)N(C)CC(=O)N2CCCC(C(=O)O)C2)CC1=O. The van der Waals surface area contributed by atoms with Gasteiger partial charge in [0.05, 0.1) is 12.5 Å². The van der Waals surface area contributed by atoms with Crippen molar-refractivity contribution >= 4 is 23.7 Å². The molecular weight excluding hydrogens is 314 g/mol. The van der Waals surface area contributed by atoms with Crippen LogP contribution in [0.2, 0.25) is 0 Å². The van der Waals surface area contributed by atoms with E-state index in [1.54, 1.807) is 19.0 Å². The van der Waals surface area contributed by atoms with E-state index < -0.39 is 11.9 Å². The fourth-order valence-electron chi connectivity index (χ4n) is 3.25. The number of likely N-dealkylation sites (tertiary alicyclic amines) is 2. The highest BCUT2D eigenvalue weighted by Crippen LogP contribution is 2.20. The summed E-state index contributed by atoms with van der Waals surface area (Å²) in [5.41, 5.74) is 0. The van der Waals surface area contributed by atoms with Crippen molar-refractivity contribution in [2.45, 2.75) is 25.7 Å². The van der Waals surface area contributed by atoms with Gasteiger partial charge in [-0.3, -0.25) is 19.2 Å². The number of carboxylic acids is 1. The molecule has 0 aromatic rings. The molecule has 8 heteroatoms. The minimum Gasteiger partial charge on any atom is -0.481 e. The van der Waals surface area contributed by atoms with Gasteiger partial charge < -0.3 is 19.8 Å². The average Bonchev–Trinajstić information content (AvgIpc) is 2.56. The van der Waals surface area contributed by atoms with Gasteiger partial charge in [-0.25, -0.2) is 0 Å². The monoisotopic (exact) mass is 339 g/mol. The highest BCUT2D eigenvalue weighted by molar-refractivity contribution is 5.89. The van der Waals surface area contributed by atoms with Gasteiger partial charge in [0.2, 0.25) is 17.7 Å². The predicted octanol–water partition coefficient (Wildman–Crippen LogP) is -0.364. The molecule has 0 bridgehead atoms. The summed E-state index contributed by atoms with van der Waals surface area (Å²) in [6.07, 6.45) is 2.01. The molecule has 0 radical (unpaired) electrons. The third kappa shape index (κ3) is 4.24. The quantitative estimate of drug-likeness (QED) is 0.754. The van der Waals surface area contributed by atoms with Crippen LogP contribution in [0, 0.1) is 11.8 Å². The first kappa shape index (κ1) is 18.2. The number of nitrogens with zero attached hydrogens (tertiary/aromatic N) is 3. The van der Waals surface area contributed by atoms with Crippen molar-refractivity contribution in [3.05, 3.63) is 0 Å². The molecule has 2 atom stereocenters. The summed E-state index contributed by atoms with van der Waals surface area (Å²) >= 11 is 0. The lowest BCUT2D eigenvalue weighted by Gasteiger charge is -2.33. The van der Waals surface area contributed by atoms with Crippen LogP contribution in [0.4, 0.5) is 0 Å². The van der Waals surface area contributed by atoms with E-state index in [0.717, 1.165) is 0 Å². The number of likely N-dealkylation sites (N-methyl/N-ethyl adjacent to an activating group) is 1. The molecule has 2 aliphatic heterocycles. The molecule has 0 aromatic carbocycles. The van der Waals surface area contributed by atoms with E-state index in [0.29, 0.717) is 32.4 Å². The summed E-state index contributed by atoms with van der Waals surface area (Å²) in [6, 6.07) is 0. The number of aliphatic carboxylic acids is 1. The summed E-state index contributed by atoms with van der Waals surface area (Å²) < 4.78 is 0. The first-order valence-corrected chi connectivity index (χ1v) is 8.29. The van der Waals surface area contributed by atoms with Gasteiger partial charge in [0.25, 0.3) is 0 Å². The first-order chi connectivity index (χ1) is 11.3. The minimum atomic E-state index is -0.887. The van der Waals surface area contributed by atoms with Crippen LogP contribution in [0.15, 0.2) is 0 Å². The molecule has 2 unspecified atom stereocenters. The van der Waals surface area contributed by atoms with Gasteiger partial charge >= 0.3 is 5.97 Å². The van der Waals surface area contributed by atoms with Crippen LogP contribution in [0.1, 0.15) is 25.7 Å². The van der Waals surface area contributed by atoms with E-state index in [4.69, 9.17) is 5.11 Å². The number of hydrogen-bond donors (Lipinski definition) is 1. The van der Waals surface area contributed by atoms with Crippen LogP contribution in [-0.4, -0.2) is 83.8 Å². The summed E-state index contributed by atoms with van der Waals surface area (Å²) in [5.74, 6) is -2.29. The van der Waals surface area contributed by atoms with Crippen LogP contribution in [0.5, 0.6) is 0 Å². The largest absolute Gasteiger partial charge is 0.481 e. The Hall–Kier alpha value is -2.12. The van der Waals surface area contributed by atoms with Crippen molar-refractivity contribution in [2.24, 2.45) is 11.8 Å². The standard InChI is InChI=1S/C16H25N3O5/c1-17-7-5-11(8-13(17)20)15(22)18(2)10-14(21)19-6-3-4-12(9-19)16(23)24/h11-12H,3-10H2,1-2H3,(H,23,24). The van der Waals surface area contributed by atoms with Crippen molar-refractivity contribution in [3.8, 4) is 0 Å². The zero-order valence-corrected chi connectivity index (χ0v) is 14.2. The van der Waals surface area contributed by atoms with Gasteiger partial charge in [-0.05, 0) is 19.3 Å². The van der Waals surface area contributed by atoms with Crippen molar-refractivity contribution in [1.29, 1.82) is 0 Å². The van der Waals surface area contributed by atoms with Crippen LogP contribution in [0.3, 0.4) is 0 Å². The van der Waals surface area contributed by atoms with Gasteiger partial charge in [-0.1, -0.05) is 0 Å². The molecule has 134 valence electrons. The number of amides is 3. The lowest BCUT2D eigenvalue weighted by molar-refractivity contribution is -0.149. The molecule has 24 heavy (non-hydrogen) atoms. The molecule has 0 aromatic heterocycles. The fourth-order valence-corrected chi connectivity index (χ4v) is 3.25. The molecule has 1 N–H and O–H groups in total. The number of piperidine rings is 2. The molecular formula is C16H25N3O5. The first-order valence-electron chi connectivity index (χ1n) is 8.29. The zero-order valence-electron chi connectivity index (χ0n) is 14.2. The molecule has 2 fully saturated rings. The van der Waals surface area contributed by atoms with Crippen LogP contribution in [-0.2, 0) is 19.2 Å². The van der Waals surface area contributed by atoms with Crippen molar-refractivity contribution in [3.63, 3.8) is 0 Å². The Labute approximate surface area is 141 Å². The predicted molar refractivity (Wildman–Crippen MR) is 84.9 cm³/mol. The summed E-state index contributed by atoms with van der Waals surface area (Å²) in [6.45, 7) is 1.19. The van der Waals surface area contributed by atoms with E-state index in [1.807, 2.05) is 0 Å². The maximum absolute atomic E-state index is 12.4. The smallest absolute Gasteiger partial charge is 0.308 e. The van der Waals surface area contributed by atoms with Crippen LogP contribution >= 0.6 is 0 Å². The maximum Gasteiger partial charge on any atom is 0.308 e. The molecule has 0 aliphatic carbocycles. The van der Waals surface area contributed by atoms with Crippen molar-refractivity contribution in [1.82, 2.24) is 14.7 Å². The van der Waals surface area contributed by atoms with Gasteiger partial charge in [0.1, 0.15) is 0 Å². The molecule has 2 rings (SSSR count). The van der Waals surface area contributed by atoms with E-state index in [-0.39, 0.29) is 43.1 Å². The van der Waals surface area contributed by atoms with E-state index in [9.17, 15) is 19.2 Å². The van der Waals surface area contributed by atoms with Gasteiger partial charge in [0, 0.05) is 46.1 Å². The number of hydrogen-bond acceptors (Lipinski definition) is 4. The fraction of sp³-hybridized carbons (Fsp3) is 0.750. The van der Waals surface area contributed by atoms with Crippen molar-refractivity contribution < 1.29 is 24.3 Å². The second-order valence-corrected chi connectivity index (χ2v) is 6.72. The van der Waals surface area contributed by atoms with Gasteiger partial charge in [0.15, 0.2) is 0 Å². The topological polar surface area (TPSA) is 98.2 Å². The lowest BCUT2D eigenvalue weighted by atomic mass is 9.95. The average molecular weight is 339 g/mol. The van der Waals surface area contributed by atoms with Crippen molar-refractivity contribution in [2.75, 3.05) is 40.3 Å². The number of carboxylic acid groups (broad SMARTS) is 1. The second kappa shape index (κ2) is 7.63. The molecule has 0 spiro atoms. The molecule has 0 saturated carbocycles. The van der Waals surface area contributed by atoms with Gasteiger partial charge in [-0.15, -0.1) is 0 Å². The Morgan fingerprint density at radius 1 is 1.21 bits per heavy atom. The molecule has 3 amide bonds. The molecule has 8 nitrogen and oxygen atoms in total. The summed E-state index contributed by atoms with van der Waals surface area (Å²) in [4.78, 5) is 52.1. The molecule has 2 saturated heterocycles.